The van der Waals surface area contributed by atoms with Crippen molar-refractivity contribution in [3.63, 3.8) is 0 Å². The van der Waals surface area contributed by atoms with Crippen LogP contribution >= 0.6 is 11.6 Å². The van der Waals surface area contributed by atoms with Crippen molar-refractivity contribution in [2.75, 3.05) is 33.2 Å². The number of halogens is 2. The third-order valence-electron chi connectivity index (χ3n) is 7.07. The van der Waals surface area contributed by atoms with E-state index in [4.69, 9.17) is 27.1 Å². The molecule has 37 heavy (non-hydrogen) atoms. The summed E-state index contributed by atoms with van der Waals surface area (Å²) in [6.07, 6.45) is 5.09. The van der Waals surface area contributed by atoms with Crippen LogP contribution in [0.5, 0.6) is 5.75 Å². The second-order valence-corrected chi connectivity index (χ2v) is 10.7. The maximum atomic E-state index is 15.5. The van der Waals surface area contributed by atoms with E-state index < -0.39 is 11.7 Å². The van der Waals surface area contributed by atoms with Crippen molar-refractivity contribution in [3.8, 4) is 5.75 Å². The van der Waals surface area contributed by atoms with Crippen molar-refractivity contribution in [3.05, 3.63) is 51.7 Å². The second kappa shape index (κ2) is 11.2. The maximum absolute atomic E-state index is 15.5. The number of amidine groups is 2. The van der Waals surface area contributed by atoms with Crippen LogP contribution in [-0.4, -0.2) is 66.7 Å². The molecule has 3 N–H and O–H groups in total. The zero-order chi connectivity index (χ0) is 26.9. The van der Waals surface area contributed by atoms with E-state index >= 15 is 4.39 Å². The number of aliphatic imine (C=N–C) groups is 2. The molecule has 8 nitrogen and oxygen atoms in total. The lowest BCUT2D eigenvalue weighted by Gasteiger charge is -2.35. The predicted octanol–water partition coefficient (Wildman–Crippen LogP) is 4.27. The molecule has 1 aromatic rings. The molecule has 0 unspecified atom stereocenters. The standard InChI is InChI=1S/C27H36ClFN6O2/c1-15(2)37-24-19(17(4)26-32-13-16(3)23-25(30)31-8-11-35(23)26)12-20(28)22(29)21(24)27(36)33-14-18-6-9-34(5)10-7-18/h8,11-12,15,17-18H,6-7,9-10,13-14H2,1-5H3,(H2,30,31)(H,33,36)/t17-/m0/s1. The summed E-state index contributed by atoms with van der Waals surface area (Å²) < 4.78 is 21.6. The summed E-state index contributed by atoms with van der Waals surface area (Å²) in [6.45, 7) is 10.5. The Morgan fingerprint density at radius 1 is 1.32 bits per heavy atom. The fourth-order valence-corrected chi connectivity index (χ4v) is 5.21. The Labute approximate surface area is 223 Å². The molecular formula is C27H36ClFN6O2. The van der Waals surface area contributed by atoms with Crippen LogP contribution in [-0.2, 0) is 0 Å². The molecule has 3 aliphatic heterocycles. The average molecular weight is 531 g/mol. The predicted molar refractivity (Wildman–Crippen MR) is 146 cm³/mol. The molecule has 1 fully saturated rings. The Bertz CT molecular complexity index is 1180. The number of benzene rings is 1. The Balaban J connectivity index is 1.68. The molecule has 1 saturated heterocycles. The smallest absolute Gasteiger partial charge is 0.258 e. The van der Waals surface area contributed by atoms with Gasteiger partial charge in [0.2, 0.25) is 0 Å². The van der Waals surface area contributed by atoms with E-state index in [1.165, 1.54) is 6.07 Å². The van der Waals surface area contributed by atoms with Gasteiger partial charge in [0, 0.05) is 30.4 Å². The summed E-state index contributed by atoms with van der Waals surface area (Å²) >= 11 is 6.37. The molecule has 0 radical (unpaired) electrons. The zero-order valence-electron chi connectivity index (χ0n) is 22.1. The van der Waals surface area contributed by atoms with Crippen LogP contribution in [0.15, 0.2) is 39.7 Å². The van der Waals surface area contributed by atoms with Gasteiger partial charge in [-0.1, -0.05) is 18.5 Å². The van der Waals surface area contributed by atoms with Crippen molar-refractivity contribution in [2.24, 2.45) is 21.6 Å². The van der Waals surface area contributed by atoms with E-state index in [-0.39, 0.29) is 28.4 Å². The second-order valence-electron chi connectivity index (χ2n) is 10.3. The van der Waals surface area contributed by atoms with E-state index in [2.05, 4.69) is 22.3 Å². The van der Waals surface area contributed by atoms with Gasteiger partial charge in [-0.25, -0.2) is 9.38 Å². The van der Waals surface area contributed by atoms with Gasteiger partial charge in [0.15, 0.2) is 5.82 Å². The number of fused-ring (bicyclic) bond motifs is 1. The number of nitrogens with one attached hydrogen (secondary N) is 1. The summed E-state index contributed by atoms with van der Waals surface area (Å²) in [6, 6.07) is 1.53. The molecule has 1 amide bonds. The van der Waals surface area contributed by atoms with E-state index in [1.807, 2.05) is 32.6 Å². The number of hydrogen-bond acceptors (Lipinski definition) is 7. The van der Waals surface area contributed by atoms with E-state index in [0.29, 0.717) is 36.2 Å². The van der Waals surface area contributed by atoms with Crippen molar-refractivity contribution in [1.82, 2.24) is 15.1 Å². The number of nitrogens with two attached hydrogens (primary N) is 1. The number of carbonyl (C=O) groups excluding carboxylic acids is 1. The lowest BCUT2D eigenvalue weighted by molar-refractivity contribution is 0.0928. The molecule has 0 aromatic heterocycles. The highest BCUT2D eigenvalue weighted by molar-refractivity contribution is 6.31. The van der Waals surface area contributed by atoms with Crippen molar-refractivity contribution >= 4 is 29.2 Å². The molecule has 4 rings (SSSR count). The first-order chi connectivity index (χ1) is 17.6. The minimum Gasteiger partial charge on any atom is -0.490 e. The Morgan fingerprint density at radius 2 is 2.03 bits per heavy atom. The first-order valence-corrected chi connectivity index (χ1v) is 13.1. The third-order valence-corrected chi connectivity index (χ3v) is 7.34. The zero-order valence-corrected chi connectivity index (χ0v) is 22.9. The molecule has 0 saturated carbocycles. The van der Waals surface area contributed by atoms with Gasteiger partial charge in [0.1, 0.15) is 23.0 Å². The molecule has 3 heterocycles. The van der Waals surface area contributed by atoms with Gasteiger partial charge in [-0.15, -0.1) is 0 Å². The van der Waals surface area contributed by atoms with Gasteiger partial charge >= 0.3 is 0 Å². The topological polar surface area (TPSA) is 95.5 Å². The van der Waals surface area contributed by atoms with Crippen LogP contribution in [0, 0.1) is 11.7 Å². The largest absolute Gasteiger partial charge is 0.490 e. The van der Waals surface area contributed by atoms with E-state index in [0.717, 1.165) is 37.2 Å². The third kappa shape index (κ3) is 5.67. The monoisotopic (exact) mass is 530 g/mol. The minimum absolute atomic E-state index is 0.138. The first kappa shape index (κ1) is 27.1. The van der Waals surface area contributed by atoms with Crippen molar-refractivity contribution in [1.29, 1.82) is 0 Å². The fourth-order valence-electron chi connectivity index (χ4n) is 5.00. The van der Waals surface area contributed by atoms with Gasteiger partial charge in [0.05, 0.1) is 23.4 Å². The summed E-state index contributed by atoms with van der Waals surface area (Å²) in [5, 5.41) is 2.80. The summed E-state index contributed by atoms with van der Waals surface area (Å²) in [5.41, 5.74) is 8.37. The SMILES string of the molecule is CC1=C2C(N)=NC=CN2C([C@@H](C)c2cc(Cl)c(F)c(C(=O)NCC3CCN(C)CC3)c2OC(C)C)=NC1. The molecule has 3 aliphatic rings. The number of ether oxygens (including phenoxy) is 1. The number of piperidine rings is 1. The molecule has 200 valence electrons. The number of rotatable bonds is 7. The highest BCUT2D eigenvalue weighted by atomic mass is 35.5. The summed E-state index contributed by atoms with van der Waals surface area (Å²) in [4.78, 5) is 26.6. The Kier molecular flexibility index (Phi) is 8.23. The normalized spacial score (nSPS) is 19.5. The molecule has 10 heteroatoms. The highest BCUT2D eigenvalue weighted by Crippen LogP contribution is 2.39. The maximum Gasteiger partial charge on any atom is 0.258 e. The fraction of sp³-hybridized carbons (Fsp3) is 0.519. The van der Waals surface area contributed by atoms with Crippen LogP contribution in [0.4, 0.5) is 4.39 Å². The van der Waals surface area contributed by atoms with Crippen LogP contribution in [0.1, 0.15) is 62.4 Å². The molecule has 0 aliphatic carbocycles. The minimum atomic E-state index is -0.787. The van der Waals surface area contributed by atoms with E-state index in [9.17, 15) is 4.79 Å². The Morgan fingerprint density at radius 3 is 2.70 bits per heavy atom. The summed E-state index contributed by atoms with van der Waals surface area (Å²) in [5.74, 6) is -0.0783. The molecule has 0 spiro atoms. The molecule has 0 bridgehead atoms. The van der Waals surface area contributed by atoms with Gasteiger partial charge in [-0.05, 0) is 71.3 Å². The van der Waals surface area contributed by atoms with Crippen molar-refractivity contribution in [2.45, 2.75) is 52.6 Å². The molecule has 1 atom stereocenters. The van der Waals surface area contributed by atoms with Gasteiger partial charge in [-0.2, -0.15) is 0 Å². The quantitative estimate of drug-likeness (QED) is 0.549. The Hall–Kier alpha value is -2.91. The van der Waals surface area contributed by atoms with Crippen molar-refractivity contribution < 1.29 is 13.9 Å². The number of carbonyl (C=O) groups is 1. The lowest BCUT2D eigenvalue weighted by atomic mass is 9.93. The van der Waals surface area contributed by atoms with Gasteiger partial charge in [-0.3, -0.25) is 14.7 Å². The van der Waals surface area contributed by atoms with Crippen LogP contribution in [0.25, 0.3) is 0 Å². The van der Waals surface area contributed by atoms with Gasteiger partial charge < -0.3 is 20.7 Å². The van der Waals surface area contributed by atoms with Gasteiger partial charge in [0.25, 0.3) is 5.91 Å². The van der Waals surface area contributed by atoms with Crippen LogP contribution in [0.3, 0.4) is 0 Å². The molecule has 1 aromatic carbocycles. The lowest BCUT2D eigenvalue weighted by Crippen LogP contribution is -2.40. The van der Waals surface area contributed by atoms with Crippen LogP contribution in [0.2, 0.25) is 5.02 Å². The molecular weight excluding hydrogens is 495 g/mol. The first-order valence-electron chi connectivity index (χ1n) is 12.8. The summed E-state index contributed by atoms with van der Waals surface area (Å²) in [7, 11) is 2.09. The van der Waals surface area contributed by atoms with Crippen LogP contribution < -0.4 is 15.8 Å². The highest BCUT2D eigenvalue weighted by Gasteiger charge is 2.34. The average Bonchev–Trinajstić information content (AvgIpc) is 2.85. The number of amides is 1. The number of nitrogens with zero attached hydrogens (tertiary/aromatic N) is 4. The number of hydrogen-bond donors (Lipinski definition) is 2. The number of likely N-dealkylation sites (tertiary alicyclic amines) is 1. The van der Waals surface area contributed by atoms with E-state index in [1.54, 1.807) is 12.4 Å².